The summed E-state index contributed by atoms with van der Waals surface area (Å²) in [6.07, 6.45) is 3.51. The number of benzene rings is 2. The van der Waals surface area contributed by atoms with Crippen molar-refractivity contribution in [3.05, 3.63) is 78.4 Å². The van der Waals surface area contributed by atoms with Crippen LogP contribution in [-0.4, -0.2) is 47.7 Å². The molecule has 1 unspecified atom stereocenters. The van der Waals surface area contributed by atoms with Crippen LogP contribution in [0.4, 0.5) is 10.2 Å². The molecule has 1 aliphatic heterocycles. The van der Waals surface area contributed by atoms with Gasteiger partial charge in [-0.25, -0.2) is 9.37 Å². The largest absolute Gasteiger partial charge is 0.379 e. The molecule has 5 nitrogen and oxygen atoms in total. The van der Waals surface area contributed by atoms with E-state index in [2.05, 4.69) is 20.2 Å². The predicted molar refractivity (Wildman–Crippen MR) is 107 cm³/mol. The Morgan fingerprint density at radius 2 is 1.82 bits per heavy atom. The van der Waals surface area contributed by atoms with Crippen molar-refractivity contribution in [2.45, 2.75) is 6.04 Å². The SMILES string of the molecule is Fc1cccc(C(CNc2cnc(-c3ccccc3)cn2)N2CCOCC2)c1. The number of nitrogens with zero attached hydrogens (tertiary/aromatic N) is 3. The van der Waals surface area contributed by atoms with E-state index in [0.29, 0.717) is 25.6 Å². The van der Waals surface area contributed by atoms with Gasteiger partial charge in [0.05, 0.1) is 37.3 Å². The third-order valence-corrected chi connectivity index (χ3v) is 4.92. The summed E-state index contributed by atoms with van der Waals surface area (Å²) in [5.41, 5.74) is 2.82. The van der Waals surface area contributed by atoms with Crippen LogP contribution in [0.25, 0.3) is 11.3 Å². The van der Waals surface area contributed by atoms with Gasteiger partial charge in [-0.15, -0.1) is 0 Å². The second-order valence-electron chi connectivity index (χ2n) is 6.75. The maximum absolute atomic E-state index is 13.8. The van der Waals surface area contributed by atoms with Crippen LogP contribution in [0.5, 0.6) is 0 Å². The summed E-state index contributed by atoms with van der Waals surface area (Å²) in [6.45, 7) is 3.64. The average Bonchev–Trinajstić information content (AvgIpc) is 2.76. The summed E-state index contributed by atoms with van der Waals surface area (Å²) in [5.74, 6) is 0.483. The molecule has 28 heavy (non-hydrogen) atoms. The van der Waals surface area contributed by atoms with Crippen LogP contribution in [0.3, 0.4) is 0 Å². The molecule has 1 N–H and O–H groups in total. The van der Waals surface area contributed by atoms with Gasteiger partial charge in [-0.2, -0.15) is 0 Å². The van der Waals surface area contributed by atoms with Crippen LogP contribution in [0.2, 0.25) is 0 Å². The molecule has 0 aliphatic carbocycles. The third-order valence-electron chi connectivity index (χ3n) is 4.92. The molecule has 6 heteroatoms. The molecule has 1 aliphatic rings. The third kappa shape index (κ3) is 4.52. The van der Waals surface area contributed by atoms with E-state index in [1.54, 1.807) is 24.5 Å². The monoisotopic (exact) mass is 378 g/mol. The van der Waals surface area contributed by atoms with Crippen LogP contribution in [0.1, 0.15) is 11.6 Å². The van der Waals surface area contributed by atoms with Gasteiger partial charge in [0.25, 0.3) is 0 Å². The quantitative estimate of drug-likeness (QED) is 0.708. The molecule has 0 radical (unpaired) electrons. The maximum atomic E-state index is 13.8. The van der Waals surface area contributed by atoms with E-state index >= 15 is 0 Å². The molecule has 2 heterocycles. The second-order valence-corrected chi connectivity index (χ2v) is 6.75. The van der Waals surface area contributed by atoms with Gasteiger partial charge in [0, 0.05) is 25.2 Å². The lowest BCUT2D eigenvalue weighted by atomic mass is 10.0. The molecule has 3 aromatic rings. The number of anilines is 1. The first-order chi connectivity index (χ1) is 13.8. The van der Waals surface area contributed by atoms with E-state index in [9.17, 15) is 4.39 Å². The molecule has 0 bridgehead atoms. The van der Waals surface area contributed by atoms with Crippen molar-refractivity contribution >= 4 is 5.82 Å². The number of halogens is 1. The van der Waals surface area contributed by atoms with E-state index in [1.165, 1.54) is 6.07 Å². The lowest BCUT2D eigenvalue weighted by Crippen LogP contribution is -2.41. The van der Waals surface area contributed by atoms with Crippen LogP contribution in [0.15, 0.2) is 67.0 Å². The van der Waals surface area contributed by atoms with Gasteiger partial charge < -0.3 is 10.1 Å². The number of nitrogens with one attached hydrogen (secondary N) is 1. The number of hydrogen-bond donors (Lipinski definition) is 1. The molecule has 1 atom stereocenters. The smallest absolute Gasteiger partial charge is 0.144 e. The molecule has 0 amide bonds. The first kappa shape index (κ1) is 18.5. The maximum Gasteiger partial charge on any atom is 0.144 e. The number of morpholine rings is 1. The van der Waals surface area contributed by atoms with Gasteiger partial charge in [-0.05, 0) is 17.7 Å². The Bertz CT molecular complexity index is 883. The fraction of sp³-hybridized carbons (Fsp3) is 0.273. The number of aromatic nitrogens is 2. The van der Waals surface area contributed by atoms with Crippen LogP contribution < -0.4 is 5.32 Å². The topological polar surface area (TPSA) is 50.3 Å². The van der Waals surface area contributed by atoms with Gasteiger partial charge in [0.15, 0.2) is 0 Å². The van der Waals surface area contributed by atoms with E-state index in [4.69, 9.17) is 4.74 Å². The van der Waals surface area contributed by atoms with E-state index < -0.39 is 0 Å². The summed E-state index contributed by atoms with van der Waals surface area (Å²) in [5, 5.41) is 3.36. The van der Waals surface area contributed by atoms with Gasteiger partial charge in [0.1, 0.15) is 11.6 Å². The molecule has 1 saturated heterocycles. The molecule has 144 valence electrons. The first-order valence-electron chi connectivity index (χ1n) is 9.48. The van der Waals surface area contributed by atoms with Gasteiger partial charge in [-0.3, -0.25) is 9.88 Å². The molecule has 1 aromatic heterocycles. The van der Waals surface area contributed by atoms with Crippen molar-refractivity contribution < 1.29 is 9.13 Å². The lowest BCUT2D eigenvalue weighted by molar-refractivity contribution is 0.0186. The Labute approximate surface area is 164 Å². The molecule has 2 aromatic carbocycles. The summed E-state index contributed by atoms with van der Waals surface area (Å²) in [4.78, 5) is 11.3. The Morgan fingerprint density at radius 1 is 1.00 bits per heavy atom. The Balaban J connectivity index is 1.48. The highest BCUT2D eigenvalue weighted by molar-refractivity contribution is 5.58. The van der Waals surface area contributed by atoms with Gasteiger partial charge in [0.2, 0.25) is 0 Å². The molecule has 0 spiro atoms. The Kier molecular flexibility index (Phi) is 5.89. The second kappa shape index (κ2) is 8.91. The standard InChI is InChI=1S/C22H23FN4O/c23-19-8-4-7-18(13-19)21(27-9-11-28-12-10-27)15-26-22-16-24-20(14-25-22)17-5-2-1-3-6-17/h1-8,13-14,16,21H,9-12,15H2,(H,25,26). The van der Waals surface area contributed by atoms with Crippen molar-refractivity contribution in [1.29, 1.82) is 0 Å². The minimum atomic E-state index is -0.220. The Morgan fingerprint density at radius 3 is 2.54 bits per heavy atom. The summed E-state index contributed by atoms with van der Waals surface area (Å²) >= 11 is 0. The average molecular weight is 378 g/mol. The minimum Gasteiger partial charge on any atom is -0.379 e. The molecule has 1 fully saturated rings. The summed E-state index contributed by atoms with van der Waals surface area (Å²) in [7, 11) is 0. The fourth-order valence-electron chi connectivity index (χ4n) is 3.44. The number of rotatable bonds is 6. The highest BCUT2D eigenvalue weighted by Gasteiger charge is 2.23. The van der Waals surface area contributed by atoms with E-state index in [1.807, 2.05) is 36.4 Å². The minimum absolute atomic E-state index is 0.0372. The van der Waals surface area contributed by atoms with Gasteiger partial charge in [-0.1, -0.05) is 42.5 Å². The van der Waals surface area contributed by atoms with Crippen molar-refractivity contribution in [2.75, 3.05) is 38.2 Å². The van der Waals surface area contributed by atoms with Crippen molar-refractivity contribution in [2.24, 2.45) is 0 Å². The Hall–Kier alpha value is -2.83. The molecule has 4 rings (SSSR count). The molecular weight excluding hydrogens is 355 g/mol. The predicted octanol–water partition coefficient (Wildman–Crippen LogP) is 3.77. The highest BCUT2D eigenvalue weighted by Crippen LogP contribution is 2.23. The van der Waals surface area contributed by atoms with Crippen LogP contribution in [0, 0.1) is 5.82 Å². The van der Waals surface area contributed by atoms with Crippen LogP contribution in [-0.2, 0) is 4.74 Å². The zero-order valence-corrected chi connectivity index (χ0v) is 15.6. The van der Waals surface area contributed by atoms with Gasteiger partial charge >= 0.3 is 0 Å². The molecular formula is C22H23FN4O. The summed E-state index contributed by atoms with van der Waals surface area (Å²) < 4.78 is 19.2. The van der Waals surface area contributed by atoms with Crippen LogP contribution >= 0.6 is 0 Å². The number of hydrogen-bond acceptors (Lipinski definition) is 5. The number of ether oxygens (including phenoxy) is 1. The summed E-state index contributed by atoms with van der Waals surface area (Å²) in [6, 6.07) is 16.8. The van der Waals surface area contributed by atoms with E-state index in [0.717, 1.165) is 29.9 Å². The van der Waals surface area contributed by atoms with Crippen molar-refractivity contribution in [3.8, 4) is 11.3 Å². The lowest BCUT2D eigenvalue weighted by Gasteiger charge is -2.35. The van der Waals surface area contributed by atoms with Crippen molar-refractivity contribution in [3.63, 3.8) is 0 Å². The van der Waals surface area contributed by atoms with Crippen molar-refractivity contribution in [1.82, 2.24) is 14.9 Å². The highest BCUT2D eigenvalue weighted by atomic mass is 19.1. The zero-order valence-electron chi connectivity index (χ0n) is 15.6. The normalized spacial score (nSPS) is 15.9. The zero-order chi connectivity index (χ0) is 19.2. The first-order valence-corrected chi connectivity index (χ1v) is 9.48. The van der Waals surface area contributed by atoms with E-state index in [-0.39, 0.29) is 11.9 Å². The fourth-order valence-corrected chi connectivity index (χ4v) is 3.44. The molecule has 0 saturated carbocycles.